The summed E-state index contributed by atoms with van der Waals surface area (Å²) in [5, 5.41) is 7.74. The average molecular weight is 324 g/mol. The van der Waals surface area contributed by atoms with Gasteiger partial charge in [0.2, 0.25) is 0 Å². The summed E-state index contributed by atoms with van der Waals surface area (Å²) in [5.74, 6) is 1.39. The van der Waals surface area contributed by atoms with Crippen LogP contribution in [0.3, 0.4) is 0 Å². The van der Waals surface area contributed by atoms with Crippen LogP contribution in [0.15, 0.2) is 42.9 Å². The first kappa shape index (κ1) is 14.4. The molecule has 0 bridgehead atoms. The number of fused-ring (bicyclic) bond motifs is 1. The maximum Gasteiger partial charge on any atom is 0.415 e. The molecule has 1 aromatic carbocycles. The molecule has 1 N–H and O–H groups in total. The predicted molar refractivity (Wildman–Crippen MR) is 87.9 cm³/mol. The lowest BCUT2D eigenvalue weighted by Crippen LogP contribution is -2.49. The maximum atomic E-state index is 12.2. The molecule has 0 aliphatic carbocycles. The topological polar surface area (TPSA) is 87.2 Å². The van der Waals surface area contributed by atoms with Gasteiger partial charge in [0.1, 0.15) is 17.9 Å². The number of ether oxygens (including phenoxy) is 1. The molecule has 1 aliphatic rings. The number of aromatic amines is 1. The number of aromatic nitrogens is 4. The molecule has 24 heavy (non-hydrogen) atoms. The quantitative estimate of drug-likeness (QED) is 0.771. The second-order valence-corrected chi connectivity index (χ2v) is 5.48. The molecule has 2 aromatic heterocycles. The van der Waals surface area contributed by atoms with E-state index in [1.165, 1.54) is 6.33 Å². The lowest BCUT2D eigenvalue weighted by molar-refractivity contribution is 0.149. The van der Waals surface area contributed by atoms with Gasteiger partial charge in [0.05, 0.1) is 11.6 Å². The Hall–Kier alpha value is -3.16. The van der Waals surface area contributed by atoms with Crippen LogP contribution in [0, 0.1) is 0 Å². The monoisotopic (exact) mass is 324 g/mol. The SMILES string of the molecule is O=C(Oc1ccccc1)N1CCN(c2ncnc3[nH]ncc23)CC1. The summed E-state index contributed by atoms with van der Waals surface area (Å²) in [6.07, 6.45) is 2.92. The van der Waals surface area contributed by atoms with E-state index >= 15 is 0 Å². The fourth-order valence-electron chi connectivity index (χ4n) is 2.76. The summed E-state index contributed by atoms with van der Waals surface area (Å²) in [4.78, 5) is 24.6. The van der Waals surface area contributed by atoms with Gasteiger partial charge in [0, 0.05) is 26.2 Å². The number of hydrogen-bond acceptors (Lipinski definition) is 6. The second-order valence-electron chi connectivity index (χ2n) is 5.48. The van der Waals surface area contributed by atoms with Crippen molar-refractivity contribution in [2.24, 2.45) is 0 Å². The fourth-order valence-corrected chi connectivity index (χ4v) is 2.76. The highest BCUT2D eigenvalue weighted by atomic mass is 16.6. The molecule has 3 aromatic rings. The third-order valence-electron chi connectivity index (χ3n) is 4.01. The Morgan fingerprint density at radius 1 is 1.08 bits per heavy atom. The highest BCUT2D eigenvalue weighted by Crippen LogP contribution is 2.22. The number of carbonyl (C=O) groups excluding carboxylic acids is 1. The summed E-state index contributed by atoms with van der Waals surface area (Å²) < 4.78 is 5.38. The molecule has 1 saturated heterocycles. The molecular weight excluding hydrogens is 308 g/mol. The standard InChI is InChI=1S/C16H16N6O2/c23-16(24-12-4-2-1-3-5-12)22-8-6-21(7-9-22)15-13-10-19-20-14(13)17-11-18-15/h1-5,10-11H,6-9H2,(H,17,18,19,20). The largest absolute Gasteiger partial charge is 0.415 e. The molecule has 0 atom stereocenters. The summed E-state index contributed by atoms with van der Waals surface area (Å²) in [5.41, 5.74) is 0.714. The van der Waals surface area contributed by atoms with Crippen LogP contribution in [-0.2, 0) is 0 Å². The van der Waals surface area contributed by atoms with Crippen LogP contribution < -0.4 is 9.64 Å². The number of hydrogen-bond donors (Lipinski definition) is 1. The third-order valence-corrected chi connectivity index (χ3v) is 4.01. The van der Waals surface area contributed by atoms with Crippen LogP contribution in [-0.4, -0.2) is 57.3 Å². The number of carbonyl (C=O) groups is 1. The molecule has 0 spiro atoms. The van der Waals surface area contributed by atoms with Gasteiger partial charge in [-0.1, -0.05) is 18.2 Å². The van der Waals surface area contributed by atoms with E-state index in [0.29, 0.717) is 37.6 Å². The maximum absolute atomic E-state index is 12.2. The van der Waals surface area contributed by atoms with Gasteiger partial charge < -0.3 is 14.5 Å². The highest BCUT2D eigenvalue weighted by molar-refractivity contribution is 5.86. The summed E-state index contributed by atoms with van der Waals surface area (Å²) in [6, 6.07) is 9.10. The Morgan fingerprint density at radius 3 is 2.67 bits per heavy atom. The normalized spacial score (nSPS) is 14.8. The lowest BCUT2D eigenvalue weighted by atomic mass is 10.3. The molecule has 1 amide bonds. The minimum Gasteiger partial charge on any atom is -0.410 e. The van der Waals surface area contributed by atoms with E-state index in [9.17, 15) is 4.79 Å². The van der Waals surface area contributed by atoms with Gasteiger partial charge in [0.15, 0.2) is 5.65 Å². The number of amides is 1. The van der Waals surface area contributed by atoms with Crippen molar-refractivity contribution in [3.8, 4) is 5.75 Å². The average Bonchev–Trinajstić information content (AvgIpc) is 3.11. The first-order chi connectivity index (χ1) is 11.8. The Kier molecular flexibility index (Phi) is 3.70. The van der Waals surface area contributed by atoms with E-state index in [4.69, 9.17) is 4.74 Å². The van der Waals surface area contributed by atoms with Crippen molar-refractivity contribution in [1.82, 2.24) is 25.1 Å². The van der Waals surface area contributed by atoms with Crippen LogP contribution in [0.4, 0.5) is 10.6 Å². The van der Waals surface area contributed by atoms with Crippen molar-refractivity contribution in [3.05, 3.63) is 42.9 Å². The van der Waals surface area contributed by atoms with Crippen LogP contribution >= 0.6 is 0 Å². The molecule has 0 saturated carbocycles. The van der Waals surface area contributed by atoms with Crippen molar-refractivity contribution in [2.45, 2.75) is 0 Å². The van der Waals surface area contributed by atoms with Crippen LogP contribution in [0.1, 0.15) is 0 Å². The lowest BCUT2D eigenvalue weighted by Gasteiger charge is -2.34. The van der Waals surface area contributed by atoms with Gasteiger partial charge in [-0.15, -0.1) is 0 Å². The van der Waals surface area contributed by atoms with Crippen LogP contribution in [0.5, 0.6) is 5.75 Å². The van der Waals surface area contributed by atoms with E-state index < -0.39 is 0 Å². The number of H-pyrrole nitrogens is 1. The zero-order valence-electron chi connectivity index (χ0n) is 12.9. The van der Waals surface area contributed by atoms with Crippen molar-refractivity contribution in [1.29, 1.82) is 0 Å². The zero-order chi connectivity index (χ0) is 16.4. The summed E-state index contributed by atoms with van der Waals surface area (Å²) in [7, 11) is 0. The zero-order valence-corrected chi connectivity index (χ0v) is 12.9. The number of piperazine rings is 1. The predicted octanol–water partition coefficient (Wildman–Crippen LogP) is 1.67. The number of nitrogens with one attached hydrogen (secondary N) is 1. The number of rotatable bonds is 2. The molecular formula is C16H16N6O2. The minimum absolute atomic E-state index is 0.322. The molecule has 3 heterocycles. The fraction of sp³-hybridized carbons (Fsp3) is 0.250. The molecule has 1 aliphatic heterocycles. The van der Waals surface area contributed by atoms with Crippen molar-refractivity contribution < 1.29 is 9.53 Å². The van der Waals surface area contributed by atoms with Crippen molar-refractivity contribution in [3.63, 3.8) is 0 Å². The van der Waals surface area contributed by atoms with Gasteiger partial charge in [-0.05, 0) is 12.1 Å². The molecule has 122 valence electrons. The molecule has 8 nitrogen and oxygen atoms in total. The van der Waals surface area contributed by atoms with E-state index in [-0.39, 0.29) is 6.09 Å². The molecule has 1 fully saturated rings. The second kappa shape index (κ2) is 6.15. The van der Waals surface area contributed by atoms with E-state index in [0.717, 1.165) is 11.2 Å². The minimum atomic E-state index is -0.322. The van der Waals surface area contributed by atoms with Gasteiger partial charge in [-0.3, -0.25) is 5.10 Å². The Bertz CT molecular complexity index is 842. The first-order valence-corrected chi connectivity index (χ1v) is 7.72. The number of para-hydroxylation sites is 1. The van der Waals surface area contributed by atoms with Crippen molar-refractivity contribution in [2.75, 3.05) is 31.1 Å². The van der Waals surface area contributed by atoms with Crippen LogP contribution in [0.25, 0.3) is 11.0 Å². The smallest absolute Gasteiger partial charge is 0.410 e. The highest BCUT2D eigenvalue weighted by Gasteiger charge is 2.24. The molecule has 0 unspecified atom stereocenters. The number of nitrogens with zero attached hydrogens (tertiary/aromatic N) is 5. The Morgan fingerprint density at radius 2 is 1.88 bits per heavy atom. The third kappa shape index (κ3) is 2.73. The Balaban J connectivity index is 1.41. The summed E-state index contributed by atoms with van der Waals surface area (Å²) >= 11 is 0. The summed E-state index contributed by atoms with van der Waals surface area (Å²) in [6.45, 7) is 2.52. The molecule has 0 radical (unpaired) electrons. The van der Waals surface area contributed by atoms with Crippen molar-refractivity contribution >= 4 is 22.9 Å². The van der Waals surface area contributed by atoms with Gasteiger partial charge in [-0.25, -0.2) is 14.8 Å². The van der Waals surface area contributed by atoms with E-state index in [1.807, 2.05) is 18.2 Å². The first-order valence-electron chi connectivity index (χ1n) is 7.72. The van der Waals surface area contributed by atoms with E-state index in [1.54, 1.807) is 23.2 Å². The van der Waals surface area contributed by atoms with Gasteiger partial charge >= 0.3 is 6.09 Å². The number of anilines is 1. The molecule has 8 heteroatoms. The van der Waals surface area contributed by atoms with Crippen LogP contribution in [0.2, 0.25) is 0 Å². The van der Waals surface area contributed by atoms with Gasteiger partial charge in [0.25, 0.3) is 0 Å². The van der Waals surface area contributed by atoms with E-state index in [2.05, 4.69) is 25.1 Å². The number of benzene rings is 1. The van der Waals surface area contributed by atoms with Gasteiger partial charge in [-0.2, -0.15) is 5.10 Å². The Labute approximate surface area is 138 Å². The molecule has 4 rings (SSSR count).